The van der Waals surface area contributed by atoms with E-state index >= 15 is 0 Å². The van der Waals surface area contributed by atoms with Gasteiger partial charge in [-0.15, -0.1) is 0 Å². The number of hydrogen-bond acceptors (Lipinski definition) is 1. The number of halogens is 1. The molecule has 12 heavy (non-hydrogen) atoms. The Kier molecular flexibility index (Phi) is 3.00. The molecular weight excluding hydrogens is 153 g/mol. The smallest absolute Gasteiger partial charge is 0.130 e. The molecule has 2 heteroatoms. The number of hydrogen-bond donors (Lipinski definition) is 1. The third kappa shape index (κ3) is 1.92. The molecule has 1 rings (SSSR count). The standard InChI is InChI=1S/C10H12FN/c1-8-4-2-6-10(11)9(8)5-3-7-12/h2-6H,7,12H2,1H3/b5-3+. The van der Waals surface area contributed by atoms with Gasteiger partial charge in [-0.1, -0.05) is 24.3 Å². The number of benzene rings is 1. The van der Waals surface area contributed by atoms with E-state index in [4.69, 9.17) is 5.73 Å². The van der Waals surface area contributed by atoms with Crippen LogP contribution in [0.2, 0.25) is 0 Å². The molecule has 64 valence electrons. The molecule has 0 fully saturated rings. The second-order valence-corrected chi connectivity index (χ2v) is 2.61. The molecule has 0 amide bonds. The fourth-order valence-corrected chi connectivity index (χ4v) is 1.04. The lowest BCUT2D eigenvalue weighted by molar-refractivity contribution is 0.623. The molecule has 1 nitrogen and oxygen atoms in total. The van der Waals surface area contributed by atoms with Gasteiger partial charge in [0.05, 0.1) is 0 Å². The van der Waals surface area contributed by atoms with Crippen LogP contribution < -0.4 is 5.73 Å². The Hall–Kier alpha value is -1.15. The molecule has 0 bridgehead atoms. The van der Waals surface area contributed by atoms with Gasteiger partial charge < -0.3 is 5.73 Å². The Bertz CT molecular complexity index is 272. The van der Waals surface area contributed by atoms with Crippen molar-refractivity contribution >= 4 is 6.08 Å². The molecule has 0 aromatic heterocycles. The maximum atomic E-state index is 13.1. The third-order valence-corrected chi connectivity index (χ3v) is 1.69. The molecule has 0 aliphatic rings. The van der Waals surface area contributed by atoms with Gasteiger partial charge in [-0.25, -0.2) is 4.39 Å². The molecule has 1 aromatic rings. The van der Waals surface area contributed by atoms with Crippen LogP contribution in [0.3, 0.4) is 0 Å². The highest BCUT2D eigenvalue weighted by molar-refractivity contribution is 5.54. The van der Waals surface area contributed by atoms with Gasteiger partial charge in [0, 0.05) is 12.1 Å². The van der Waals surface area contributed by atoms with Gasteiger partial charge in [-0.3, -0.25) is 0 Å². The van der Waals surface area contributed by atoms with Crippen LogP contribution in [0.5, 0.6) is 0 Å². The zero-order chi connectivity index (χ0) is 8.97. The predicted molar refractivity (Wildman–Crippen MR) is 49.2 cm³/mol. The quantitative estimate of drug-likeness (QED) is 0.713. The topological polar surface area (TPSA) is 26.0 Å². The lowest BCUT2D eigenvalue weighted by atomic mass is 10.1. The van der Waals surface area contributed by atoms with Crippen molar-refractivity contribution in [2.24, 2.45) is 5.73 Å². The van der Waals surface area contributed by atoms with Gasteiger partial charge in [0.15, 0.2) is 0 Å². The molecular formula is C10H12FN. The van der Waals surface area contributed by atoms with Gasteiger partial charge in [-0.2, -0.15) is 0 Å². The molecule has 1 aromatic carbocycles. The van der Waals surface area contributed by atoms with E-state index in [0.29, 0.717) is 12.1 Å². The van der Waals surface area contributed by atoms with Crippen LogP contribution in [0.15, 0.2) is 24.3 Å². The highest BCUT2D eigenvalue weighted by Crippen LogP contribution is 2.13. The van der Waals surface area contributed by atoms with Gasteiger partial charge in [0.1, 0.15) is 5.82 Å². The van der Waals surface area contributed by atoms with E-state index in [0.717, 1.165) is 5.56 Å². The van der Waals surface area contributed by atoms with Crippen molar-refractivity contribution in [1.82, 2.24) is 0 Å². The van der Waals surface area contributed by atoms with Crippen molar-refractivity contribution in [3.63, 3.8) is 0 Å². The molecule has 2 N–H and O–H groups in total. The first-order chi connectivity index (χ1) is 5.75. The second kappa shape index (κ2) is 4.02. The Labute approximate surface area is 71.7 Å². The summed E-state index contributed by atoms with van der Waals surface area (Å²) in [5.41, 5.74) is 6.83. The van der Waals surface area contributed by atoms with Gasteiger partial charge in [0.2, 0.25) is 0 Å². The van der Waals surface area contributed by atoms with Crippen molar-refractivity contribution in [1.29, 1.82) is 0 Å². The Morgan fingerprint density at radius 3 is 2.83 bits per heavy atom. The second-order valence-electron chi connectivity index (χ2n) is 2.61. The lowest BCUT2D eigenvalue weighted by Gasteiger charge is -2.00. The van der Waals surface area contributed by atoms with Crippen molar-refractivity contribution in [2.45, 2.75) is 6.92 Å². The minimum absolute atomic E-state index is 0.195. The molecule has 0 radical (unpaired) electrons. The maximum Gasteiger partial charge on any atom is 0.130 e. The lowest BCUT2D eigenvalue weighted by Crippen LogP contribution is -1.93. The minimum atomic E-state index is -0.195. The van der Waals surface area contributed by atoms with E-state index in [1.165, 1.54) is 6.07 Å². The van der Waals surface area contributed by atoms with Crippen LogP contribution in [-0.2, 0) is 0 Å². The largest absolute Gasteiger partial charge is 0.327 e. The van der Waals surface area contributed by atoms with Crippen LogP contribution in [0.1, 0.15) is 11.1 Å². The Balaban J connectivity index is 3.04. The van der Waals surface area contributed by atoms with E-state index < -0.39 is 0 Å². The van der Waals surface area contributed by atoms with Crippen LogP contribution in [-0.4, -0.2) is 6.54 Å². The van der Waals surface area contributed by atoms with E-state index in [9.17, 15) is 4.39 Å². The van der Waals surface area contributed by atoms with E-state index in [-0.39, 0.29) is 5.82 Å². The van der Waals surface area contributed by atoms with E-state index in [2.05, 4.69) is 0 Å². The highest BCUT2D eigenvalue weighted by Gasteiger charge is 1.99. The molecule has 0 aliphatic carbocycles. The van der Waals surface area contributed by atoms with Crippen molar-refractivity contribution in [3.8, 4) is 0 Å². The molecule has 0 aliphatic heterocycles. The van der Waals surface area contributed by atoms with Crippen LogP contribution >= 0.6 is 0 Å². The third-order valence-electron chi connectivity index (χ3n) is 1.69. The molecule has 0 atom stereocenters. The van der Waals surface area contributed by atoms with Crippen LogP contribution in [0.4, 0.5) is 4.39 Å². The normalized spacial score (nSPS) is 10.9. The monoisotopic (exact) mass is 165 g/mol. The number of rotatable bonds is 2. The summed E-state index contributed by atoms with van der Waals surface area (Å²) >= 11 is 0. The van der Waals surface area contributed by atoms with Crippen molar-refractivity contribution in [2.75, 3.05) is 6.54 Å². The fourth-order valence-electron chi connectivity index (χ4n) is 1.04. The first kappa shape index (κ1) is 8.94. The Morgan fingerprint density at radius 1 is 1.50 bits per heavy atom. The molecule has 0 saturated carbocycles. The number of nitrogens with two attached hydrogens (primary N) is 1. The minimum Gasteiger partial charge on any atom is -0.327 e. The summed E-state index contributed by atoms with van der Waals surface area (Å²) in [5.74, 6) is -0.195. The summed E-state index contributed by atoms with van der Waals surface area (Å²) < 4.78 is 13.1. The van der Waals surface area contributed by atoms with E-state index in [1.807, 2.05) is 13.0 Å². The van der Waals surface area contributed by atoms with Crippen LogP contribution in [0.25, 0.3) is 6.08 Å². The van der Waals surface area contributed by atoms with Crippen molar-refractivity contribution in [3.05, 3.63) is 41.2 Å². The SMILES string of the molecule is Cc1cccc(F)c1/C=C/CN. The Morgan fingerprint density at radius 2 is 2.25 bits per heavy atom. The average molecular weight is 165 g/mol. The molecule has 0 saturated heterocycles. The average Bonchev–Trinajstić information content (AvgIpc) is 2.04. The summed E-state index contributed by atoms with van der Waals surface area (Å²) in [6.07, 6.45) is 3.45. The number of aryl methyl sites for hydroxylation is 1. The maximum absolute atomic E-state index is 13.1. The molecule has 0 spiro atoms. The summed E-state index contributed by atoms with van der Waals surface area (Å²) in [6, 6.07) is 5.02. The van der Waals surface area contributed by atoms with Crippen LogP contribution in [0, 0.1) is 12.7 Å². The summed E-state index contributed by atoms with van der Waals surface area (Å²) in [5, 5.41) is 0. The zero-order valence-corrected chi connectivity index (χ0v) is 7.05. The van der Waals surface area contributed by atoms with Gasteiger partial charge in [-0.05, 0) is 18.6 Å². The predicted octanol–water partition coefficient (Wildman–Crippen LogP) is 2.11. The molecule has 0 unspecified atom stereocenters. The van der Waals surface area contributed by atoms with Gasteiger partial charge >= 0.3 is 0 Å². The van der Waals surface area contributed by atoms with E-state index in [1.54, 1.807) is 18.2 Å². The first-order valence-electron chi connectivity index (χ1n) is 3.87. The first-order valence-corrected chi connectivity index (χ1v) is 3.87. The summed E-state index contributed by atoms with van der Waals surface area (Å²) in [4.78, 5) is 0. The zero-order valence-electron chi connectivity index (χ0n) is 7.05. The highest BCUT2D eigenvalue weighted by atomic mass is 19.1. The summed E-state index contributed by atoms with van der Waals surface area (Å²) in [7, 11) is 0. The van der Waals surface area contributed by atoms with Crippen molar-refractivity contribution < 1.29 is 4.39 Å². The molecule has 0 heterocycles. The fraction of sp³-hybridized carbons (Fsp3) is 0.200. The summed E-state index contributed by atoms with van der Waals surface area (Å²) in [6.45, 7) is 2.31. The van der Waals surface area contributed by atoms with Gasteiger partial charge in [0.25, 0.3) is 0 Å².